The molecule has 5 nitrogen and oxygen atoms in total. The summed E-state index contributed by atoms with van der Waals surface area (Å²) in [4.78, 5) is 0. The first-order chi connectivity index (χ1) is 10.3. The highest BCUT2D eigenvalue weighted by Gasteiger charge is 2.16. The molecule has 0 bridgehead atoms. The SMILES string of the molecule is OC(CNC1CCCC1)COCc1ccc2c(c1)OCO2. The number of aliphatic hydroxyl groups is 1. The Kier molecular flexibility index (Phi) is 4.95. The predicted octanol–water partition coefficient (Wildman–Crippen LogP) is 1.82. The fourth-order valence-electron chi connectivity index (χ4n) is 2.84. The van der Waals surface area contributed by atoms with Crippen LogP contribution in [-0.2, 0) is 11.3 Å². The maximum atomic E-state index is 9.91. The smallest absolute Gasteiger partial charge is 0.231 e. The molecule has 1 aliphatic carbocycles. The molecule has 1 unspecified atom stereocenters. The van der Waals surface area contributed by atoms with Gasteiger partial charge in [-0.25, -0.2) is 0 Å². The molecular weight excluding hydrogens is 270 g/mol. The van der Waals surface area contributed by atoms with Crippen molar-refractivity contribution >= 4 is 0 Å². The van der Waals surface area contributed by atoms with Gasteiger partial charge in [0.2, 0.25) is 6.79 Å². The molecule has 1 aromatic rings. The molecule has 1 fully saturated rings. The summed E-state index contributed by atoms with van der Waals surface area (Å²) in [5, 5.41) is 13.3. The minimum atomic E-state index is -0.459. The minimum Gasteiger partial charge on any atom is -0.454 e. The van der Waals surface area contributed by atoms with Gasteiger partial charge in [0.1, 0.15) is 0 Å². The fraction of sp³-hybridized carbons (Fsp3) is 0.625. The molecule has 0 amide bonds. The quantitative estimate of drug-likeness (QED) is 0.803. The van der Waals surface area contributed by atoms with Crippen molar-refractivity contribution in [3.63, 3.8) is 0 Å². The lowest BCUT2D eigenvalue weighted by atomic mass is 10.2. The van der Waals surface area contributed by atoms with Crippen LogP contribution < -0.4 is 14.8 Å². The first kappa shape index (κ1) is 14.6. The van der Waals surface area contributed by atoms with Crippen LogP contribution in [0.4, 0.5) is 0 Å². The molecule has 21 heavy (non-hydrogen) atoms. The van der Waals surface area contributed by atoms with Gasteiger partial charge in [-0.2, -0.15) is 0 Å². The Morgan fingerprint density at radius 1 is 1.24 bits per heavy atom. The third-order valence-corrected chi connectivity index (χ3v) is 4.01. The van der Waals surface area contributed by atoms with Gasteiger partial charge in [-0.3, -0.25) is 0 Å². The van der Waals surface area contributed by atoms with E-state index in [0.29, 0.717) is 25.8 Å². The van der Waals surface area contributed by atoms with Crippen molar-refractivity contribution < 1.29 is 19.3 Å². The molecule has 116 valence electrons. The number of nitrogens with one attached hydrogen (secondary N) is 1. The molecule has 0 radical (unpaired) electrons. The van der Waals surface area contributed by atoms with E-state index in [-0.39, 0.29) is 6.79 Å². The lowest BCUT2D eigenvalue weighted by Crippen LogP contribution is -2.36. The second-order valence-corrected chi connectivity index (χ2v) is 5.75. The van der Waals surface area contributed by atoms with Crippen LogP contribution in [0.3, 0.4) is 0 Å². The third kappa shape index (κ3) is 4.09. The van der Waals surface area contributed by atoms with Gasteiger partial charge in [-0.1, -0.05) is 18.9 Å². The van der Waals surface area contributed by atoms with Crippen molar-refractivity contribution in [2.45, 2.75) is 44.4 Å². The zero-order valence-electron chi connectivity index (χ0n) is 12.2. The molecular formula is C16H23NO4. The summed E-state index contributed by atoms with van der Waals surface area (Å²) in [6, 6.07) is 6.34. The van der Waals surface area contributed by atoms with E-state index in [4.69, 9.17) is 14.2 Å². The zero-order valence-corrected chi connectivity index (χ0v) is 12.2. The number of benzene rings is 1. The highest BCUT2D eigenvalue weighted by Crippen LogP contribution is 2.32. The summed E-state index contributed by atoms with van der Waals surface area (Å²) in [7, 11) is 0. The normalized spacial score (nSPS) is 19.1. The summed E-state index contributed by atoms with van der Waals surface area (Å²) < 4.78 is 16.2. The van der Waals surface area contributed by atoms with Gasteiger partial charge < -0.3 is 24.6 Å². The van der Waals surface area contributed by atoms with E-state index in [0.717, 1.165) is 17.1 Å². The van der Waals surface area contributed by atoms with Gasteiger partial charge in [0, 0.05) is 12.6 Å². The van der Waals surface area contributed by atoms with Gasteiger partial charge in [-0.05, 0) is 30.5 Å². The van der Waals surface area contributed by atoms with E-state index in [1.807, 2.05) is 18.2 Å². The number of rotatable bonds is 7. The highest BCUT2D eigenvalue weighted by atomic mass is 16.7. The standard InChI is InChI=1S/C16H23NO4/c18-14(8-17-13-3-1-2-4-13)10-19-9-12-5-6-15-16(7-12)21-11-20-15/h5-7,13-14,17-18H,1-4,8-11H2. The molecule has 1 aromatic carbocycles. The summed E-state index contributed by atoms with van der Waals surface area (Å²) in [6.45, 7) is 1.70. The fourth-order valence-corrected chi connectivity index (χ4v) is 2.84. The number of hydrogen-bond acceptors (Lipinski definition) is 5. The van der Waals surface area contributed by atoms with Crippen molar-refractivity contribution in [3.05, 3.63) is 23.8 Å². The molecule has 0 saturated heterocycles. The second-order valence-electron chi connectivity index (χ2n) is 5.75. The molecule has 3 rings (SSSR count). The molecule has 1 atom stereocenters. The zero-order chi connectivity index (χ0) is 14.5. The van der Waals surface area contributed by atoms with Crippen LogP contribution in [-0.4, -0.2) is 37.2 Å². The monoisotopic (exact) mass is 293 g/mol. The van der Waals surface area contributed by atoms with E-state index in [1.54, 1.807) is 0 Å². The Balaban J connectivity index is 1.35. The first-order valence-corrected chi connectivity index (χ1v) is 7.69. The number of aliphatic hydroxyl groups excluding tert-OH is 1. The van der Waals surface area contributed by atoms with E-state index < -0.39 is 6.10 Å². The average Bonchev–Trinajstić information content (AvgIpc) is 3.16. The second kappa shape index (κ2) is 7.11. The van der Waals surface area contributed by atoms with E-state index in [2.05, 4.69) is 5.32 Å². The highest BCUT2D eigenvalue weighted by molar-refractivity contribution is 5.44. The van der Waals surface area contributed by atoms with Crippen molar-refractivity contribution in [2.75, 3.05) is 19.9 Å². The molecule has 0 spiro atoms. The maximum absolute atomic E-state index is 9.91. The number of ether oxygens (including phenoxy) is 3. The van der Waals surface area contributed by atoms with Crippen LogP contribution in [0.1, 0.15) is 31.2 Å². The summed E-state index contributed by atoms with van der Waals surface area (Å²) >= 11 is 0. The molecule has 5 heteroatoms. The van der Waals surface area contributed by atoms with Crippen molar-refractivity contribution in [1.82, 2.24) is 5.32 Å². The lowest BCUT2D eigenvalue weighted by Gasteiger charge is -2.16. The van der Waals surface area contributed by atoms with Crippen LogP contribution in [0.5, 0.6) is 11.5 Å². The van der Waals surface area contributed by atoms with Gasteiger partial charge in [0.15, 0.2) is 11.5 Å². The lowest BCUT2D eigenvalue weighted by molar-refractivity contribution is 0.0276. The molecule has 2 aliphatic rings. The Labute approximate surface area is 125 Å². The van der Waals surface area contributed by atoms with Crippen LogP contribution in [0, 0.1) is 0 Å². The van der Waals surface area contributed by atoms with Crippen molar-refractivity contribution in [2.24, 2.45) is 0 Å². The Hall–Kier alpha value is -1.30. The Morgan fingerprint density at radius 3 is 2.90 bits per heavy atom. The summed E-state index contributed by atoms with van der Waals surface area (Å²) in [5.41, 5.74) is 1.02. The van der Waals surface area contributed by atoms with Crippen LogP contribution in [0.2, 0.25) is 0 Å². The topological polar surface area (TPSA) is 60.0 Å². The van der Waals surface area contributed by atoms with Gasteiger partial charge in [-0.15, -0.1) is 0 Å². The van der Waals surface area contributed by atoms with E-state index in [1.165, 1.54) is 25.7 Å². The van der Waals surface area contributed by atoms with Crippen molar-refractivity contribution in [3.8, 4) is 11.5 Å². The molecule has 1 aliphatic heterocycles. The van der Waals surface area contributed by atoms with Gasteiger partial charge in [0.05, 0.1) is 19.3 Å². The Morgan fingerprint density at radius 2 is 2.05 bits per heavy atom. The molecule has 1 saturated carbocycles. The average molecular weight is 293 g/mol. The molecule has 2 N–H and O–H groups in total. The third-order valence-electron chi connectivity index (χ3n) is 4.01. The molecule has 0 aromatic heterocycles. The first-order valence-electron chi connectivity index (χ1n) is 7.69. The van der Waals surface area contributed by atoms with Crippen molar-refractivity contribution in [1.29, 1.82) is 0 Å². The van der Waals surface area contributed by atoms with E-state index in [9.17, 15) is 5.11 Å². The number of fused-ring (bicyclic) bond motifs is 1. The number of hydrogen-bond donors (Lipinski definition) is 2. The summed E-state index contributed by atoms with van der Waals surface area (Å²) in [5.74, 6) is 1.54. The van der Waals surface area contributed by atoms with Crippen LogP contribution in [0.25, 0.3) is 0 Å². The van der Waals surface area contributed by atoms with Crippen LogP contribution >= 0.6 is 0 Å². The Bertz CT molecular complexity index is 460. The van der Waals surface area contributed by atoms with Crippen LogP contribution in [0.15, 0.2) is 18.2 Å². The maximum Gasteiger partial charge on any atom is 0.231 e. The predicted molar refractivity (Wildman–Crippen MR) is 78.5 cm³/mol. The summed E-state index contributed by atoms with van der Waals surface area (Å²) in [6.07, 6.45) is 4.60. The minimum absolute atomic E-state index is 0.283. The largest absolute Gasteiger partial charge is 0.454 e. The van der Waals surface area contributed by atoms with Gasteiger partial charge >= 0.3 is 0 Å². The van der Waals surface area contributed by atoms with Gasteiger partial charge in [0.25, 0.3) is 0 Å². The molecule has 1 heterocycles. The van der Waals surface area contributed by atoms with E-state index >= 15 is 0 Å².